The summed E-state index contributed by atoms with van der Waals surface area (Å²) in [6.45, 7) is 1.62. The van der Waals surface area contributed by atoms with Crippen LogP contribution in [-0.2, 0) is 11.3 Å². The monoisotopic (exact) mass is 239 g/mol. The van der Waals surface area contributed by atoms with E-state index >= 15 is 0 Å². The highest BCUT2D eigenvalue weighted by Crippen LogP contribution is 2.19. The zero-order valence-electron chi connectivity index (χ0n) is 8.90. The number of nitrogens with zero attached hydrogens (tertiary/aromatic N) is 2. The summed E-state index contributed by atoms with van der Waals surface area (Å²) in [6, 6.07) is 3.55. The van der Waals surface area contributed by atoms with Gasteiger partial charge in [0.05, 0.1) is 6.04 Å². The Bertz CT molecular complexity index is 379. The minimum atomic E-state index is -0.237. The van der Waals surface area contributed by atoms with Gasteiger partial charge in [0.25, 0.3) is 0 Å². The molecule has 1 aliphatic heterocycles. The second-order valence-electron chi connectivity index (χ2n) is 4.02. The van der Waals surface area contributed by atoms with Gasteiger partial charge in [0, 0.05) is 12.7 Å². The molecule has 0 bridgehead atoms. The lowest BCUT2D eigenvalue weighted by molar-refractivity contribution is -0.122. The average Bonchev–Trinajstić information content (AvgIpc) is 2.69. The number of nitrogens with two attached hydrogens (primary N) is 1. The second kappa shape index (κ2) is 4.80. The summed E-state index contributed by atoms with van der Waals surface area (Å²) in [7, 11) is 0. The summed E-state index contributed by atoms with van der Waals surface area (Å²) in [6.07, 6.45) is 3.61. The summed E-state index contributed by atoms with van der Waals surface area (Å²) in [5, 5.41) is 0.483. The lowest BCUT2D eigenvalue weighted by Gasteiger charge is -2.21. The number of likely N-dealkylation sites (tertiary alicyclic amines) is 1. The highest BCUT2D eigenvalue weighted by molar-refractivity contribution is 6.29. The lowest BCUT2D eigenvalue weighted by atomic mass is 10.2. The van der Waals surface area contributed by atoms with Gasteiger partial charge in [0.15, 0.2) is 0 Å². The van der Waals surface area contributed by atoms with Gasteiger partial charge < -0.3 is 5.73 Å². The van der Waals surface area contributed by atoms with E-state index < -0.39 is 0 Å². The van der Waals surface area contributed by atoms with E-state index in [1.807, 2.05) is 6.07 Å². The topological polar surface area (TPSA) is 59.2 Å². The standard InChI is InChI=1S/C11H14ClN3O/c12-10-4-3-8(6-14-10)7-15-5-1-2-9(15)11(13)16/h3-4,6,9H,1-2,5,7H2,(H2,13,16). The summed E-state index contributed by atoms with van der Waals surface area (Å²) in [5.74, 6) is -0.237. The molecule has 2 N–H and O–H groups in total. The molecule has 1 unspecified atom stereocenters. The Morgan fingerprint density at radius 3 is 3.06 bits per heavy atom. The van der Waals surface area contributed by atoms with Crippen molar-refractivity contribution in [3.63, 3.8) is 0 Å². The van der Waals surface area contributed by atoms with E-state index in [1.54, 1.807) is 12.3 Å². The molecule has 1 atom stereocenters. The van der Waals surface area contributed by atoms with Gasteiger partial charge in [-0.25, -0.2) is 4.98 Å². The van der Waals surface area contributed by atoms with Gasteiger partial charge in [-0.05, 0) is 31.0 Å². The van der Waals surface area contributed by atoms with Crippen molar-refractivity contribution in [3.8, 4) is 0 Å². The molecule has 2 heterocycles. The number of carbonyl (C=O) groups excluding carboxylic acids is 1. The molecular formula is C11H14ClN3O. The molecular weight excluding hydrogens is 226 g/mol. The SMILES string of the molecule is NC(=O)C1CCCN1Cc1ccc(Cl)nc1. The van der Waals surface area contributed by atoms with E-state index in [9.17, 15) is 4.79 Å². The Balaban J connectivity index is 2.03. The maximum Gasteiger partial charge on any atom is 0.234 e. The van der Waals surface area contributed by atoms with Crippen molar-refractivity contribution in [1.29, 1.82) is 0 Å². The zero-order chi connectivity index (χ0) is 11.5. The van der Waals surface area contributed by atoms with Crippen LogP contribution < -0.4 is 5.73 Å². The third kappa shape index (κ3) is 2.51. The van der Waals surface area contributed by atoms with E-state index in [0.29, 0.717) is 11.7 Å². The maximum absolute atomic E-state index is 11.2. The molecule has 0 aromatic carbocycles. The van der Waals surface area contributed by atoms with Gasteiger partial charge in [0.1, 0.15) is 5.15 Å². The molecule has 0 spiro atoms. The summed E-state index contributed by atoms with van der Waals surface area (Å²) >= 11 is 5.71. The predicted octanol–water partition coefficient (Wildman–Crippen LogP) is 1.18. The number of pyridine rings is 1. The van der Waals surface area contributed by atoms with E-state index in [-0.39, 0.29) is 11.9 Å². The van der Waals surface area contributed by atoms with Crippen LogP contribution in [0.25, 0.3) is 0 Å². The quantitative estimate of drug-likeness (QED) is 0.806. The van der Waals surface area contributed by atoms with Gasteiger partial charge in [-0.1, -0.05) is 17.7 Å². The van der Waals surface area contributed by atoms with Crippen LogP contribution in [0.3, 0.4) is 0 Å². The molecule has 1 aromatic rings. The Morgan fingerprint density at radius 2 is 2.44 bits per heavy atom. The molecule has 0 aliphatic carbocycles. The first-order valence-corrected chi connectivity index (χ1v) is 5.68. The molecule has 1 fully saturated rings. The van der Waals surface area contributed by atoms with E-state index in [4.69, 9.17) is 17.3 Å². The van der Waals surface area contributed by atoms with Crippen LogP contribution in [0, 0.1) is 0 Å². The average molecular weight is 240 g/mol. The van der Waals surface area contributed by atoms with Crippen molar-refractivity contribution >= 4 is 17.5 Å². The fourth-order valence-electron chi connectivity index (χ4n) is 2.07. The third-order valence-corrected chi connectivity index (χ3v) is 3.09. The van der Waals surface area contributed by atoms with Gasteiger partial charge in [-0.3, -0.25) is 9.69 Å². The van der Waals surface area contributed by atoms with Gasteiger partial charge >= 0.3 is 0 Å². The zero-order valence-corrected chi connectivity index (χ0v) is 9.65. The van der Waals surface area contributed by atoms with Crippen LogP contribution in [0.1, 0.15) is 18.4 Å². The maximum atomic E-state index is 11.2. The minimum absolute atomic E-state index is 0.129. The van der Waals surface area contributed by atoms with E-state index in [2.05, 4.69) is 9.88 Å². The molecule has 1 aromatic heterocycles. The van der Waals surface area contributed by atoms with Crippen LogP contribution in [0.5, 0.6) is 0 Å². The number of rotatable bonds is 3. The van der Waals surface area contributed by atoms with Gasteiger partial charge in [-0.2, -0.15) is 0 Å². The van der Waals surface area contributed by atoms with Crippen molar-refractivity contribution < 1.29 is 4.79 Å². The predicted molar refractivity (Wildman–Crippen MR) is 61.9 cm³/mol. The largest absolute Gasteiger partial charge is 0.368 e. The molecule has 5 heteroatoms. The number of aromatic nitrogens is 1. The Hall–Kier alpha value is -1.13. The molecule has 16 heavy (non-hydrogen) atoms. The van der Waals surface area contributed by atoms with Crippen molar-refractivity contribution in [2.45, 2.75) is 25.4 Å². The number of halogens is 1. The van der Waals surface area contributed by atoms with Crippen molar-refractivity contribution in [2.24, 2.45) is 5.73 Å². The highest BCUT2D eigenvalue weighted by atomic mass is 35.5. The Morgan fingerprint density at radius 1 is 1.62 bits per heavy atom. The molecule has 1 saturated heterocycles. The molecule has 86 valence electrons. The first kappa shape index (κ1) is 11.4. The molecule has 0 radical (unpaired) electrons. The van der Waals surface area contributed by atoms with Crippen LogP contribution in [-0.4, -0.2) is 28.4 Å². The van der Waals surface area contributed by atoms with Crippen molar-refractivity contribution in [2.75, 3.05) is 6.54 Å². The Labute approximate surface area is 99.4 Å². The van der Waals surface area contributed by atoms with Crippen LogP contribution in [0.2, 0.25) is 5.15 Å². The van der Waals surface area contributed by atoms with Gasteiger partial charge in [0.2, 0.25) is 5.91 Å². The summed E-state index contributed by atoms with van der Waals surface area (Å²) in [4.78, 5) is 17.3. The number of hydrogen-bond acceptors (Lipinski definition) is 3. The fraction of sp³-hybridized carbons (Fsp3) is 0.455. The number of carbonyl (C=O) groups is 1. The third-order valence-electron chi connectivity index (χ3n) is 2.87. The highest BCUT2D eigenvalue weighted by Gasteiger charge is 2.28. The van der Waals surface area contributed by atoms with Crippen molar-refractivity contribution in [3.05, 3.63) is 29.0 Å². The summed E-state index contributed by atoms with van der Waals surface area (Å²) in [5.41, 5.74) is 6.40. The van der Waals surface area contributed by atoms with Crippen LogP contribution >= 0.6 is 11.6 Å². The van der Waals surface area contributed by atoms with Gasteiger partial charge in [-0.15, -0.1) is 0 Å². The van der Waals surface area contributed by atoms with Crippen molar-refractivity contribution in [1.82, 2.24) is 9.88 Å². The second-order valence-corrected chi connectivity index (χ2v) is 4.41. The smallest absolute Gasteiger partial charge is 0.234 e. The molecule has 4 nitrogen and oxygen atoms in total. The lowest BCUT2D eigenvalue weighted by Crippen LogP contribution is -2.39. The first-order valence-electron chi connectivity index (χ1n) is 5.30. The first-order chi connectivity index (χ1) is 7.66. The number of primary amides is 1. The molecule has 1 aliphatic rings. The Kier molecular flexibility index (Phi) is 3.41. The molecule has 2 rings (SSSR count). The van der Waals surface area contributed by atoms with Crippen LogP contribution in [0.15, 0.2) is 18.3 Å². The van der Waals surface area contributed by atoms with E-state index in [0.717, 1.165) is 24.9 Å². The minimum Gasteiger partial charge on any atom is -0.368 e. The fourth-order valence-corrected chi connectivity index (χ4v) is 2.18. The number of hydrogen-bond donors (Lipinski definition) is 1. The summed E-state index contributed by atoms with van der Waals surface area (Å²) < 4.78 is 0. The van der Waals surface area contributed by atoms with Crippen LogP contribution in [0.4, 0.5) is 0 Å². The molecule has 0 saturated carbocycles. The normalized spacial score (nSPS) is 21.2. The van der Waals surface area contributed by atoms with E-state index in [1.165, 1.54) is 0 Å². The number of amides is 1. The molecule has 1 amide bonds.